The number of carbonyl (C=O) groups excluding carboxylic acids is 1. The average Bonchev–Trinajstić information content (AvgIpc) is 3.13. The molecular weight excluding hydrogens is 214 g/mol. The minimum Gasteiger partial charge on any atom is -0.344 e. The van der Waals surface area contributed by atoms with Crippen molar-refractivity contribution in [2.24, 2.45) is 5.92 Å². The molecule has 0 aromatic rings. The molecule has 0 aromatic heterocycles. The van der Waals surface area contributed by atoms with E-state index in [9.17, 15) is 4.79 Å². The Morgan fingerprint density at radius 3 is 2.82 bits per heavy atom. The predicted octanol–water partition coefficient (Wildman–Crippen LogP) is 0.539. The molecule has 98 valence electrons. The molecule has 1 aliphatic carbocycles. The van der Waals surface area contributed by atoms with Crippen LogP contribution in [0.15, 0.2) is 0 Å². The molecule has 0 bridgehead atoms. The van der Waals surface area contributed by atoms with E-state index in [0.717, 1.165) is 25.6 Å². The standard InChI is InChI=1S/C13H25N3O/c1-14-12-4-3-7-16(9-12)10-13(17)15(2)8-11-5-6-11/h11-12,14H,3-10H2,1-2H3. The number of hydrogen-bond acceptors (Lipinski definition) is 3. The van der Waals surface area contributed by atoms with Gasteiger partial charge in [-0.2, -0.15) is 0 Å². The Labute approximate surface area is 104 Å². The maximum atomic E-state index is 12.0. The van der Waals surface area contributed by atoms with Gasteiger partial charge >= 0.3 is 0 Å². The summed E-state index contributed by atoms with van der Waals surface area (Å²) >= 11 is 0. The summed E-state index contributed by atoms with van der Waals surface area (Å²) in [7, 11) is 3.95. The minimum atomic E-state index is 0.286. The van der Waals surface area contributed by atoms with Gasteiger partial charge in [0.05, 0.1) is 6.54 Å². The highest BCUT2D eigenvalue weighted by atomic mass is 16.2. The fourth-order valence-corrected chi connectivity index (χ4v) is 2.54. The summed E-state index contributed by atoms with van der Waals surface area (Å²) in [5.41, 5.74) is 0. The molecule has 17 heavy (non-hydrogen) atoms. The van der Waals surface area contributed by atoms with Crippen molar-refractivity contribution < 1.29 is 4.79 Å². The zero-order valence-corrected chi connectivity index (χ0v) is 11.1. The third-order valence-electron chi connectivity index (χ3n) is 3.93. The van der Waals surface area contributed by atoms with Gasteiger partial charge in [0.15, 0.2) is 0 Å². The normalized spacial score (nSPS) is 25.9. The summed E-state index contributed by atoms with van der Waals surface area (Å²) in [5, 5.41) is 3.31. The summed E-state index contributed by atoms with van der Waals surface area (Å²) in [6, 6.07) is 0.560. The van der Waals surface area contributed by atoms with Crippen LogP contribution in [0.5, 0.6) is 0 Å². The zero-order valence-electron chi connectivity index (χ0n) is 11.1. The Morgan fingerprint density at radius 2 is 2.18 bits per heavy atom. The van der Waals surface area contributed by atoms with Crippen LogP contribution in [0.4, 0.5) is 0 Å². The molecule has 4 heteroatoms. The first-order valence-electron chi connectivity index (χ1n) is 6.82. The first kappa shape index (κ1) is 12.8. The average molecular weight is 239 g/mol. The van der Waals surface area contributed by atoms with Gasteiger partial charge in [0.1, 0.15) is 0 Å². The second-order valence-electron chi connectivity index (χ2n) is 5.58. The Balaban J connectivity index is 1.72. The second-order valence-corrected chi connectivity index (χ2v) is 5.58. The largest absolute Gasteiger partial charge is 0.344 e. The third kappa shape index (κ3) is 3.96. The Morgan fingerprint density at radius 1 is 1.41 bits per heavy atom. The van der Waals surface area contributed by atoms with Gasteiger partial charge in [-0.25, -0.2) is 0 Å². The van der Waals surface area contributed by atoms with Gasteiger partial charge in [0.25, 0.3) is 0 Å². The van der Waals surface area contributed by atoms with Gasteiger partial charge < -0.3 is 10.2 Å². The first-order valence-corrected chi connectivity index (χ1v) is 6.82. The molecule has 1 amide bonds. The van der Waals surface area contributed by atoms with Crippen LogP contribution in [0, 0.1) is 5.92 Å². The molecular formula is C13H25N3O. The minimum absolute atomic E-state index is 0.286. The van der Waals surface area contributed by atoms with Crippen LogP contribution in [0.1, 0.15) is 25.7 Å². The molecule has 0 aromatic carbocycles. The Kier molecular flexibility index (Phi) is 4.40. The summed E-state index contributed by atoms with van der Waals surface area (Å²) in [6.45, 7) is 3.64. The molecule has 1 unspecified atom stereocenters. The van der Waals surface area contributed by atoms with Gasteiger partial charge in [-0.05, 0) is 45.2 Å². The van der Waals surface area contributed by atoms with Crippen molar-refractivity contribution in [2.45, 2.75) is 31.7 Å². The first-order chi connectivity index (χ1) is 8.19. The summed E-state index contributed by atoms with van der Waals surface area (Å²) < 4.78 is 0. The van der Waals surface area contributed by atoms with E-state index in [0.29, 0.717) is 12.6 Å². The highest BCUT2D eigenvalue weighted by Gasteiger charge is 2.26. The van der Waals surface area contributed by atoms with E-state index in [2.05, 4.69) is 10.2 Å². The number of amides is 1. The van der Waals surface area contributed by atoms with Crippen LogP contribution < -0.4 is 5.32 Å². The van der Waals surface area contributed by atoms with Crippen LogP contribution in [-0.2, 0) is 4.79 Å². The number of carbonyl (C=O) groups is 1. The summed E-state index contributed by atoms with van der Waals surface area (Å²) in [4.78, 5) is 16.2. The monoisotopic (exact) mass is 239 g/mol. The SMILES string of the molecule is CNC1CCCN(CC(=O)N(C)CC2CC2)C1. The van der Waals surface area contributed by atoms with E-state index in [1.807, 2.05) is 19.0 Å². The van der Waals surface area contributed by atoms with E-state index < -0.39 is 0 Å². The van der Waals surface area contributed by atoms with Crippen LogP contribution in [0.25, 0.3) is 0 Å². The predicted molar refractivity (Wildman–Crippen MR) is 68.9 cm³/mol. The smallest absolute Gasteiger partial charge is 0.236 e. The molecule has 2 rings (SSSR count). The van der Waals surface area contributed by atoms with Crippen molar-refractivity contribution in [3.8, 4) is 0 Å². The van der Waals surface area contributed by atoms with E-state index in [-0.39, 0.29) is 5.91 Å². The maximum Gasteiger partial charge on any atom is 0.236 e. The Hall–Kier alpha value is -0.610. The number of rotatable bonds is 5. The number of hydrogen-bond donors (Lipinski definition) is 1. The van der Waals surface area contributed by atoms with Crippen LogP contribution in [0.2, 0.25) is 0 Å². The number of likely N-dealkylation sites (tertiary alicyclic amines) is 1. The van der Waals surface area contributed by atoms with E-state index >= 15 is 0 Å². The molecule has 1 aliphatic heterocycles. The van der Waals surface area contributed by atoms with Crippen molar-refractivity contribution >= 4 is 5.91 Å². The van der Waals surface area contributed by atoms with Crippen molar-refractivity contribution in [1.29, 1.82) is 0 Å². The van der Waals surface area contributed by atoms with Gasteiger partial charge in [-0.3, -0.25) is 9.69 Å². The van der Waals surface area contributed by atoms with Crippen molar-refractivity contribution in [1.82, 2.24) is 15.1 Å². The fourth-order valence-electron chi connectivity index (χ4n) is 2.54. The number of piperidine rings is 1. The zero-order chi connectivity index (χ0) is 12.3. The lowest BCUT2D eigenvalue weighted by Gasteiger charge is -2.33. The highest BCUT2D eigenvalue weighted by molar-refractivity contribution is 5.78. The molecule has 2 aliphatic rings. The maximum absolute atomic E-state index is 12.0. The van der Waals surface area contributed by atoms with Gasteiger partial charge in [-0.1, -0.05) is 0 Å². The summed E-state index contributed by atoms with van der Waals surface area (Å²) in [5.74, 6) is 1.07. The molecule has 0 spiro atoms. The van der Waals surface area contributed by atoms with Crippen LogP contribution in [0.3, 0.4) is 0 Å². The van der Waals surface area contributed by atoms with Gasteiger partial charge in [-0.15, -0.1) is 0 Å². The lowest BCUT2D eigenvalue weighted by molar-refractivity contribution is -0.131. The highest BCUT2D eigenvalue weighted by Crippen LogP contribution is 2.29. The molecule has 0 radical (unpaired) electrons. The Bertz CT molecular complexity index is 265. The fraction of sp³-hybridized carbons (Fsp3) is 0.923. The van der Waals surface area contributed by atoms with Crippen molar-refractivity contribution in [3.05, 3.63) is 0 Å². The molecule has 1 saturated carbocycles. The lowest BCUT2D eigenvalue weighted by Crippen LogP contribution is -2.48. The topological polar surface area (TPSA) is 35.6 Å². The number of nitrogens with one attached hydrogen (secondary N) is 1. The summed E-state index contributed by atoms with van der Waals surface area (Å²) in [6.07, 6.45) is 5.05. The molecule has 1 N–H and O–H groups in total. The number of likely N-dealkylation sites (N-methyl/N-ethyl adjacent to an activating group) is 2. The van der Waals surface area contributed by atoms with E-state index in [1.54, 1.807) is 0 Å². The third-order valence-corrected chi connectivity index (χ3v) is 3.93. The van der Waals surface area contributed by atoms with E-state index in [4.69, 9.17) is 0 Å². The molecule has 2 fully saturated rings. The number of nitrogens with zero attached hydrogens (tertiary/aromatic N) is 2. The molecule has 1 heterocycles. The van der Waals surface area contributed by atoms with Gasteiger partial charge in [0.2, 0.25) is 5.91 Å². The molecule has 1 atom stereocenters. The van der Waals surface area contributed by atoms with E-state index in [1.165, 1.54) is 25.7 Å². The second kappa shape index (κ2) is 5.83. The molecule has 4 nitrogen and oxygen atoms in total. The van der Waals surface area contributed by atoms with Crippen LogP contribution >= 0.6 is 0 Å². The van der Waals surface area contributed by atoms with Crippen molar-refractivity contribution in [3.63, 3.8) is 0 Å². The van der Waals surface area contributed by atoms with Crippen LogP contribution in [-0.4, -0.2) is 62.0 Å². The quantitative estimate of drug-likeness (QED) is 0.760. The lowest BCUT2D eigenvalue weighted by atomic mass is 10.1. The van der Waals surface area contributed by atoms with Gasteiger partial charge in [0, 0.05) is 26.2 Å². The molecule has 1 saturated heterocycles. The van der Waals surface area contributed by atoms with Crippen molar-refractivity contribution in [2.75, 3.05) is 40.3 Å².